The highest BCUT2D eigenvalue weighted by molar-refractivity contribution is 7.90. The Kier molecular flexibility index (Phi) is 5.06. The van der Waals surface area contributed by atoms with Gasteiger partial charge in [-0.2, -0.15) is 0 Å². The number of aromatic nitrogens is 2. The molecule has 0 spiro atoms. The summed E-state index contributed by atoms with van der Waals surface area (Å²) in [4.78, 5) is 19.9. The first-order chi connectivity index (χ1) is 14.6. The topological polar surface area (TPSA) is 91.9 Å². The fourth-order valence-corrected chi connectivity index (χ4v) is 3.78. The van der Waals surface area contributed by atoms with Gasteiger partial charge in [0.25, 0.3) is 5.91 Å². The number of imidazole rings is 1. The Morgan fingerprint density at radius 1 is 1.00 bits per heavy atom. The molecule has 0 aliphatic rings. The Morgan fingerprint density at radius 2 is 1.68 bits per heavy atom. The SMILES string of the molecule is Cc1ccc(S(C)(=O)=O)cc1C(=O)Nc1ccc(-c2nc3cc(F)c(F)cc3[nH]2)cc1. The van der Waals surface area contributed by atoms with Crippen LogP contribution in [0.2, 0.25) is 0 Å². The van der Waals surface area contributed by atoms with Crippen LogP contribution in [0.1, 0.15) is 15.9 Å². The van der Waals surface area contributed by atoms with Gasteiger partial charge in [0, 0.05) is 35.2 Å². The van der Waals surface area contributed by atoms with Crippen molar-refractivity contribution in [1.82, 2.24) is 9.97 Å². The van der Waals surface area contributed by atoms with Crippen molar-refractivity contribution < 1.29 is 22.0 Å². The number of aromatic amines is 1. The molecule has 3 aromatic carbocycles. The summed E-state index contributed by atoms with van der Waals surface area (Å²) in [6.07, 6.45) is 1.08. The van der Waals surface area contributed by atoms with Crippen LogP contribution >= 0.6 is 0 Å². The van der Waals surface area contributed by atoms with Crippen LogP contribution in [-0.4, -0.2) is 30.5 Å². The number of hydrogen-bond donors (Lipinski definition) is 2. The second kappa shape index (κ2) is 7.59. The number of benzene rings is 3. The predicted octanol–water partition coefficient (Wildman–Crippen LogP) is 4.47. The smallest absolute Gasteiger partial charge is 0.255 e. The largest absolute Gasteiger partial charge is 0.338 e. The fourth-order valence-electron chi connectivity index (χ4n) is 3.13. The Bertz CT molecular complexity index is 1390. The number of anilines is 1. The maximum atomic E-state index is 13.4. The van der Waals surface area contributed by atoms with E-state index in [0.29, 0.717) is 33.7 Å². The van der Waals surface area contributed by atoms with Crippen molar-refractivity contribution in [2.24, 2.45) is 0 Å². The Morgan fingerprint density at radius 3 is 2.35 bits per heavy atom. The molecule has 1 heterocycles. The molecule has 0 saturated carbocycles. The van der Waals surface area contributed by atoms with Crippen molar-refractivity contribution in [3.05, 3.63) is 77.4 Å². The first kappa shape index (κ1) is 20.7. The van der Waals surface area contributed by atoms with Gasteiger partial charge in [0.1, 0.15) is 5.82 Å². The summed E-state index contributed by atoms with van der Waals surface area (Å²) in [5.74, 6) is -1.95. The standard InChI is InChI=1S/C22H17F2N3O3S/c1-12-3-8-15(31(2,29)30)9-16(12)22(28)25-14-6-4-13(5-7-14)21-26-19-10-17(23)18(24)11-20(19)27-21/h3-11H,1-2H3,(H,25,28)(H,26,27). The van der Waals surface area contributed by atoms with E-state index in [9.17, 15) is 22.0 Å². The van der Waals surface area contributed by atoms with E-state index >= 15 is 0 Å². The molecule has 0 fully saturated rings. The summed E-state index contributed by atoms with van der Waals surface area (Å²) in [5.41, 5.74) is 2.72. The number of fused-ring (bicyclic) bond motifs is 1. The van der Waals surface area contributed by atoms with Crippen LogP contribution in [-0.2, 0) is 9.84 Å². The zero-order valence-electron chi connectivity index (χ0n) is 16.5. The van der Waals surface area contributed by atoms with Crippen molar-refractivity contribution >= 4 is 32.5 Å². The van der Waals surface area contributed by atoms with Crippen LogP contribution in [0.25, 0.3) is 22.4 Å². The molecule has 0 atom stereocenters. The third-order valence-corrected chi connectivity index (χ3v) is 5.93. The van der Waals surface area contributed by atoms with Crippen LogP contribution in [0.5, 0.6) is 0 Å². The molecular formula is C22H17F2N3O3S. The number of H-pyrrole nitrogens is 1. The van der Waals surface area contributed by atoms with E-state index in [0.717, 1.165) is 18.4 Å². The van der Waals surface area contributed by atoms with E-state index in [1.165, 1.54) is 12.1 Å². The minimum atomic E-state index is -3.44. The molecule has 6 nitrogen and oxygen atoms in total. The number of carbonyl (C=O) groups is 1. The average molecular weight is 441 g/mol. The Hall–Kier alpha value is -3.59. The maximum absolute atomic E-state index is 13.4. The summed E-state index contributed by atoms with van der Waals surface area (Å²) >= 11 is 0. The molecule has 4 rings (SSSR count). The van der Waals surface area contributed by atoms with Gasteiger partial charge in [-0.25, -0.2) is 22.2 Å². The second-order valence-corrected chi connectivity index (χ2v) is 9.16. The van der Waals surface area contributed by atoms with Gasteiger partial charge in [0.15, 0.2) is 21.5 Å². The zero-order chi connectivity index (χ0) is 22.3. The van der Waals surface area contributed by atoms with Gasteiger partial charge in [0.2, 0.25) is 0 Å². The van der Waals surface area contributed by atoms with E-state index < -0.39 is 27.4 Å². The van der Waals surface area contributed by atoms with Gasteiger partial charge >= 0.3 is 0 Å². The highest BCUT2D eigenvalue weighted by Crippen LogP contribution is 2.24. The third-order valence-electron chi connectivity index (χ3n) is 4.82. The number of rotatable bonds is 4. The van der Waals surface area contributed by atoms with Crippen molar-refractivity contribution in [3.63, 3.8) is 0 Å². The summed E-state index contributed by atoms with van der Waals surface area (Å²) in [6.45, 7) is 1.72. The van der Waals surface area contributed by atoms with E-state index in [1.807, 2.05) is 0 Å². The number of aryl methyl sites for hydroxylation is 1. The van der Waals surface area contributed by atoms with Crippen LogP contribution < -0.4 is 5.32 Å². The minimum Gasteiger partial charge on any atom is -0.338 e. The van der Waals surface area contributed by atoms with E-state index in [-0.39, 0.29) is 10.5 Å². The lowest BCUT2D eigenvalue weighted by molar-refractivity contribution is 0.102. The molecule has 4 aromatic rings. The highest BCUT2D eigenvalue weighted by atomic mass is 32.2. The van der Waals surface area contributed by atoms with Crippen molar-refractivity contribution in [2.45, 2.75) is 11.8 Å². The van der Waals surface area contributed by atoms with Gasteiger partial charge < -0.3 is 10.3 Å². The zero-order valence-corrected chi connectivity index (χ0v) is 17.3. The van der Waals surface area contributed by atoms with Crippen LogP contribution in [0.15, 0.2) is 59.5 Å². The van der Waals surface area contributed by atoms with Crippen molar-refractivity contribution in [3.8, 4) is 11.4 Å². The lowest BCUT2D eigenvalue weighted by atomic mass is 10.1. The molecular weight excluding hydrogens is 424 g/mol. The van der Waals surface area contributed by atoms with E-state index in [4.69, 9.17) is 0 Å². The molecule has 0 unspecified atom stereocenters. The van der Waals surface area contributed by atoms with Gasteiger partial charge in [-0.3, -0.25) is 4.79 Å². The average Bonchev–Trinajstić information content (AvgIpc) is 3.11. The number of halogens is 2. The van der Waals surface area contributed by atoms with Crippen LogP contribution in [0.4, 0.5) is 14.5 Å². The first-order valence-corrected chi connectivity index (χ1v) is 11.1. The number of hydrogen-bond acceptors (Lipinski definition) is 4. The van der Waals surface area contributed by atoms with E-state index in [2.05, 4.69) is 15.3 Å². The molecule has 1 aromatic heterocycles. The highest BCUT2D eigenvalue weighted by Gasteiger charge is 2.15. The number of amides is 1. The fraction of sp³-hybridized carbons (Fsp3) is 0.0909. The summed E-state index contributed by atoms with van der Waals surface area (Å²) in [6, 6.07) is 13.1. The molecule has 9 heteroatoms. The summed E-state index contributed by atoms with van der Waals surface area (Å²) in [7, 11) is -3.44. The molecule has 0 aliphatic heterocycles. The third kappa shape index (κ3) is 4.17. The molecule has 0 aliphatic carbocycles. The molecule has 31 heavy (non-hydrogen) atoms. The van der Waals surface area contributed by atoms with Gasteiger partial charge in [-0.1, -0.05) is 6.07 Å². The van der Waals surface area contributed by atoms with Crippen LogP contribution in [0.3, 0.4) is 0 Å². The number of carbonyl (C=O) groups excluding carboxylic acids is 1. The quantitative estimate of drug-likeness (QED) is 0.489. The molecule has 2 N–H and O–H groups in total. The second-order valence-electron chi connectivity index (χ2n) is 7.15. The summed E-state index contributed by atoms with van der Waals surface area (Å²) < 4.78 is 50.3. The van der Waals surface area contributed by atoms with Gasteiger partial charge in [-0.05, 0) is 48.9 Å². The maximum Gasteiger partial charge on any atom is 0.255 e. The van der Waals surface area contributed by atoms with Crippen molar-refractivity contribution in [2.75, 3.05) is 11.6 Å². The number of nitrogens with one attached hydrogen (secondary N) is 2. The first-order valence-electron chi connectivity index (χ1n) is 9.19. The monoisotopic (exact) mass is 441 g/mol. The Balaban J connectivity index is 1.57. The molecule has 0 bridgehead atoms. The summed E-state index contributed by atoms with van der Waals surface area (Å²) in [5, 5.41) is 2.73. The lowest BCUT2D eigenvalue weighted by Crippen LogP contribution is -2.14. The molecule has 1 amide bonds. The minimum absolute atomic E-state index is 0.0661. The number of nitrogens with zero attached hydrogens (tertiary/aromatic N) is 1. The Labute approximate surface area is 176 Å². The van der Waals surface area contributed by atoms with Gasteiger partial charge in [-0.15, -0.1) is 0 Å². The van der Waals surface area contributed by atoms with E-state index in [1.54, 1.807) is 37.3 Å². The normalized spacial score (nSPS) is 11.6. The molecule has 0 saturated heterocycles. The molecule has 158 valence electrons. The van der Waals surface area contributed by atoms with Crippen molar-refractivity contribution in [1.29, 1.82) is 0 Å². The lowest BCUT2D eigenvalue weighted by Gasteiger charge is -2.10. The van der Waals surface area contributed by atoms with Gasteiger partial charge in [0.05, 0.1) is 15.9 Å². The molecule has 0 radical (unpaired) electrons. The predicted molar refractivity (Wildman–Crippen MR) is 114 cm³/mol. The van der Waals surface area contributed by atoms with Crippen LogP contribution in [0, 0.1) is 18.6 Å². The number of sulfone groups is 1.